The summed E-state index contributed by atoms with van der Waals surface area (Å²) < 4.78 is 39.6. The number of nitriles is 1. The molecule has 1 heterocycles. The first-order valence-corrected chi connectivity index (χ1v) is 4.92. The molecule has 1 aromatic carbocycles. The number of nitrogens with zero attached hydrogens (tertiary/aromatic N) is 3. The number of halogens is 3. The summed E-state index contributed by atoms with van der Waals surface area (Å²) in [4.78, 5) is 7.17. The summed E-state index contributed by atoms with van der Waals surface area (Å²) in [5.74, 6) is -4.30. The third-order valence-corrected chi connectivity index (χ3v) is 2.33. The molecule has 0 spiro atoms. The van der Waals surface area contributed by atoms with Crippen molar-refractivity contribution < 1.29 is 13.2 Å². The minimum atomic E-state index is -1.35. The maximum absolute atomic E-state index is 13.6. The fourth-order valence-electron chi connectivity index (χ4n) is 1.51. The molecule has 0 unspecified atom stereocenters. The summed E-state index contributed by atoms with van der Waals surface area (Å²) in [7, 11) is 0. The van der Waals surface area contributed by atoms with Crippen LogP contribution in [0.4, 0.5) is 24.9 Å². The molecule has 96 valence electrons. The quantitative estimate of drug-likeness (QED) is 0.762. The van der Waals surface area contributed by atoms with Crippen LogP contribution < -0.4 is 11.5 Å². The van der Waals surface area contributed by atoms with Crippen molar-refractivity contribution in [1.82, 2.24) is 9.97 Å². The monoisotopic (exact) mass is 265 g/mol. The first-order chi connectivity index (χ1) is 8.93. The Morgan fingerprint density at radius 1 is 1.00 bits per heavy atom. The first kappa shape index (κ1) is 12.6. The topological polar surface area (TPSA) is 102 Å². The number of aromatic nitrogens is 2. The summed E-state index contributed by atoms with van der Waals surface area (Å²) in [5.41, 5.74) is 9.81. The van der Waals surface area contributed by atoms with Crippen LogP contribution in [0.5, 0.6) is 0 Å². The van der Waals surface area contributed by atoms with E-state index in [1.54, 1.807) is 6.07 Å². The zero-order chi connectivity index (χ0) is 14.2. The first-order valence-electron chi connectivity index (χ1n) is 4.92. The Kier molecular flexibility index (Phi) is 2.96. The van der Waals surface area contributed by atoms with Crippen molar-refractivity contribution in [1.29, 1.82) is 5.26 Å². The number of nitrogens with two attached hydrogens (primary N) is 2. The highest BCUT2D eigenvalue weighted by atomic mass is 19.2. The van der Waals surface area contributed by atoms with Crippen LogP contribution in [0.1, 0.15) is 5.56 Å². The number of hydrogen-bond acceptors (Lipinski definition) is 5. The zero-order valence-electron chi connectivity index (χ0n) is 9.28. The van der Waals surface area contributed by atoms with Crippen molar-refractivity contribution in [2.75, 3.05) is 11.5 Å². The van der Waals surface area contributed by atoms with Crippen molar-refractivity contribution in [2.45, 2.75) is 0 Å². The van der Waals surface area contributed by atoms with E-state index < -0.39 is 23.0 Å². The Labute approximate surface area is 105 Å². The van der Waals surface area contributed by atoms with Gasteiger partial charge in [-0.15, -0.1) is 0 Å². The number of benzene rings is 1. The number of anilines is 2. The van der Waals surface area contributed by atoms with Gasteiger partial charge < -0.3 is 11.5 Å². The molecular weight excluding hydrogens is 259 g/mol. The molecule has 0 bridgehead atoms. The van der Waals surface area contributed by atoms with Gasteiger partial charge in [-0.3, -0.25) is 0 Å². The van der Waals surface area contributed by atoms with E-state index in [0.717, 1.165) is 0 Å². The third kappa shape index (κ3) is 2.13. The second-order valence-corrected chi connectivity index (χ2v) is 3.55. The summed E-state index contributed by atoms with van der Waals surface area (Å²) in [5, 5.41) is 8.93. The van der Waals surface area contributed by atoms with Crippen LogP contribution in [0.25, 0.3) is 11.3 Å². The molecule has 4 N–H and O–H groups in total. The highest BCUT2D eigenvalue weighted by Gasteiger charge is 2.19. The van der Waals surface area contributed by atoms with Crippen molar-refractivity contribution >= 4 is 11.8 Å². The molecule has 0 aliphatic heterocycles. The SMILES string of the molecule is N#Cc1c(N)nc(N)nc1-c1cc(F)c(F)cc1F. The van der Waals surface area contributed by atoms with Crippen LogP contribution in [0, 0.1) is 28.8 Å². The van der Waals surface area contributed by atoms with Crippen molar-refractivity contribution in [3.8, 4) is 17.3 Å². The molecule has 8 heteroatoms. The highest BCUT2D eigenvalue weighted by molar-refractivity contribution is 5.73. The molecule has 0 aliphatic carbocycles. The molecular formula is C11H6F3N5. The lowest BCUT2D eigenvalue weighted by Gasteiger charge is -2.08. The minimum Gasteiger partial charge on any atom is -0.382 e. The van der Waals surface area contributed by atoms with Gasteiger partial charge in [0.2, 0.25) is 5.95 Å². The van der Waals surface area contributed by atoms with Crippen LogP contribution in [0.2, 0.25) is 0 Å². The van der Waals surface area contributed by atoms with Gasteiger partial charge in [-0.1, -0.05) is 0 Å². The van der Waals surface area contributed by atoms with E-state index in [0.29, 0.717) is 12.1 Å². The Morgan fingerprint density at radius 2 is 1.63 bits per heavy atom. The largest absolute Gasteiger partial charge is 0.382 e. The lowest BCUT2D eigenvalue weighted by atomic mass is 10.1. The van der Waals surface area contributed by atoms with E-state index in [-0.39, 0.29) is 23.0 Å². The molecule has 0 amide bonds. The Morgan fingerprint density at radius 3 is 2.26 bits per heavy atom. The average molecular weight is 265 g/mol. The van der Waals surface area contributed by atoms with Gasteiger partial charge in [0, 0.05) is 11.6 Å². The second kappa shape index (κ2) is 4.45. The van der Waals surface area contributed by atoms with Crippen LogP contribution in [-0.2, 0) is 0 Å². The third-order valence-electron chi connectivity index (χ3n) is 2.33. The smallest absolute Gasteiger partial charge is 0.222 e. The molecule has 2 rings (SSSR count). The number of nitrogen functional groups attached to an aromatic ring is 2. The van der Waals surface area contributed by atoms with E-state index in [1.165, 1.54) is 0 Å². The standard InChI is InChI=1S/C11H6F3N5/c12-6-2-8(14)7(13)1-4(6)9-5(3-15)10(16)19-11(17)18-9/h1-2H,(H4,16,17,18,19). The molecule has 5 nitrogen and oxygen atoms in total. The van der Waals surface area contributed by atoms with E-state index in [1.807, 2.05) is 0 Å². The number of rotatable bonds is 1. The molecule has 0 fully saturated rings. The van der Waals surface area contributed by atoms with Gasteiger partial charge in [-0.05, 0) is 6.07 Å². The lowest BCUT2D eigenvalue weighted by Crippen LogP contribution is -2.06. The summed E-state index contributed by atoms with van der Waals surface area (Å²) in [6.45, 7) is 0. The van der Waals surface area contributed by atoms with Crippen LogP contribution in [-0.4, -0.2) is 9.97 Å². The summed E-state index contributed by atoms with van der Waals surface area (Å²) in [6, 6.07) is 2.59. The van der Waals surface area contributed by atoms with Gasteiger partial charge in [0.25, 0.3) is 0 Å². The summed E-state index contributed by atoms with van der Waals surface area (Å²) in [6.07, 6.45) is 0. The molecule has 0 saturated heterocycles. The molecule has 1 aromatic heterocycles. The fraction of sp³-hybridized carbons (Fsp3) is 0. The molecule has 19 heavy (non-hydrogen) atoms. The minimum absolute atomic E-state index is 0.265. The van der Waals surface area contributed by atoms with Crippen molar-refractivity contribution in [3.05, 3.63) is 35.1 Å². The zero-order valence-corrected chi connectivity index (χ0v) is 9.28. The Hall–Kier alpha value is -2.82. The predicted octanol–water partition coefficient (Wildman–Crippen LogP) is 1.60. The van der Waals surface area contributed by atoms with E-state index >= 15 is 0 Å². The Balaban J connectivity index is 2.79. The van der Waals surface area contributed by atoms with Crippen LogP contribution in [0.3, 0.4) is 0 Å². The maximum atomic E-state index is 13.6. The van der Waals surface area contributed by atoms with E-state index in [9.17, 15) is 13.2 Å². The average Bonchev–Trinajstić information content (AvgIpc) is 2.33. The second-order valence-electron chi connectivity index (χ2n) is 3.55. The van der Waals surface area contributed by atoms with Crippen molar-refractivity contribution in [2.24, 2.45) is 0 Å². The highest BCUT2D eigenvalue weighted by Crippen LogP contribution is 2.28. The van der Waals surface area contributed by atoms with E-state index in [2.05, 4.69) is 9.97 Å². The fourth-order valence-corrected chi connectivity index (χ4v) is 1.51. The molecule has 0 atom stereocenters. The molecule has 0 saturated carbocycles. The number of hydrogen-bond donors (Lipinski definition) is 2. The lowest BCUT2D eigenvalue weighted by molar-refractivity contribution is 0.496. The predicted molar refractivity (Wildman–Crippen MR) is 60.9 cm³/mol. The Bertz CT molecular complexity index is 708. The van der Waals surface area contributed by atoms with Gasteiger partial charge in [0.05, 0.1) is 5.69 Å². The normalized spacial score (nSPS) is 10.2. The van der Waals surface area contributed by atoms with Crippen LogP contribution in [0.15, 0.2) is 12.1 Å². The van der Waals surface area contributed by atoms with Gasteiger partial charge in [-0.25, -0.2) is 18.2 Å². The van der Waals surface area contributed by atoms with Crippen molar-refractivity contribution in [3.63, 3.8) is 0 Å². The van der Waals surface area contributed by atoms with Crippen LogP contribution >= 0.6 is 0 Å². The van der Waals surface area contributed by atoms with Gasteiger partial charge in [0.1, 0.15) is 23.3 Å². The molecule has 0 radical (unpaired) electrons. The van der Waals surface area contributed by atoms with Gasteiger partial charge in [0.15, 0.2) is 11.6 Å². The summed E-state index contributed by atoms with van der Waals surface area (Å²) >= 11 is 0. The molecule has 0 aliphatic rings. The molecule has 2 aromatic rings. The maximum Gasteiger partial charge on any atom is 0.222 e. The van der Waals surface area contributed by atoms with Gasteiger partial charge >= 0.3 is 0 Å². The van der Waals surface area contributed by atoms with Gasteiger partial charge in [-0.2, -0.15) is 10.2 Å². The van der Waals surface area contributed by atoms with E-state index in [4.69, 9.17) is 16.7 Å².